The first-order chi connectivity index (χ1) is 11.6. The number of rotatable bonds is 5. The van der Waals surface area contributed by atoms with Gasteiger partial charge in [0.2, 0.25) is 0 Å². The van der Waals surface area contributed by atoms with E-state index in [4.69, 9.17) is 4.74 Å². The van der Waals surface area contributed by atoms with Gasteiger partial charge in [0.05, 0.1) is 12.4 Å². The number of nitrogens with one attached hydrogen (secondary N) is 1. The number of carbonyl (C=O) groups excluding carboxylic acids is 2. The van der Waals surface area contributed by atoms with Gasteiger partial charge >= 0.3 is 5.97 Å². The SMILES string of the molecule is COC(=O)C(C)Nc1ccccc1C(=O)[C@@H]1Cc2ccccc2S1. The van der Waals surface area contributed by atoms with E-state index in [-0.39, 0.29) is 17.0 Å². The molecule has 0 fully saturated rings. The zero-order valence-corrected chi connectivity index (χ0v) is 14.4. The van der Waals surface area contributed by atoms with E-state index in [1.807, 2.05) is 30.3 Å². The number of carbonyl (C=O) groups is 2. The smallest absolute Gasteiger partial charge is 0.327 e. The molecule has 0 aromatic heterocycles. The zero-order valence-electron chi connectivity index (χ0n) is 13.6. The van der Waals surface area contributed by atoms with Crippen LogP contribution >= 0.6 is 11.8 Å². The highest BCUT2D eigenvalue weighted by atomic mass is 32.2. The fraction of sp³-hybridized carbons (Fsp3) is 0.263. The summed E-state index contributed by atoms with van der Waals surface area (Å²) in [6.07, 6.45) is 0.737. The predicted octanol–water partition coefficient (Wildman–Crippen LogP) is 3.56. The van der Waals surface area contributed by atoms with Crippen molar-refractivity contribution in [1.29, 1.82) is 0 Å². The van der Waals surface area contributed by atoms with Crippen LogP contribution in [0.4, 0.5) is 5.69 Å². The van der Waals surface area contributed by atoms with Gasteiger partial charge in [-0.3, -0.25) is 4.79 Å². The van der Waals surface area contributed by atoms with Gasteiger partial charge in [-0.1, -0.05) is 30.3 Å². The standard InChI is InChI=1S/C19H19NO3S/c1-12(19(22)23-2)20-15-9-5-4-8-14(15)18(21)17-11-13-7-3-6-10-16(13)24-17/h3-10,12,17,20H,11H2,1-2H3/t12?,17-/m0/s1. The van der Waals surface area contributed by atoms with Crippen LogP contribution in [0.2, 0.25) is 0 Å². The monoisotopic (exact) mass is 341 g/mol. The Morgan fingerprint density at radius 3 is 2.62 bits per heavy atom. The lowest BCUT2D eigenvalue weighted by Gasteiger charge is -2.17. The molecular weight excluding hydrogens is 322 g/mol. The second kappa shape index (κ2) is 7.09. The Kier molecular flexibility index (Phi) is 4.90. The average molecular weight is 341 g/mol. The third-order valence-electron chi connectivity index (χ3n) is 4.06. The van der Waals surface area contributed by atoms with Crippen molar-refractivity contribution in [1.82, 2.24) is 0 Å². The van der Waals surface area contributed by atoms with Crippen molar-refractivity contribution >= 4 is 29.2 Å². The molecule has 1 aliphatic heterocycles. The Balaban J connectivity index is 1.80. The number of para-hydroxylation sites is 1. The molecule has 2 atom stereocenters. The molecule has 5 heteroatoms. The van der Waals surface area contributed by atoms with Gasteiger partial charge in [-0.2, -0.15) is 0 Å². The third-order valence-corrected chi connectivity index (χ3v) is 5.38. The first-order valence-electron chi connectivity index (χ1n) is 7.82. The van der Waals surface area contributed by atoms with Gasteiger partial charge in [0.25, 0.3) is 0 Å². The molecule has 1 unspecified atom stereocenters. The highest BCUT2D eigenvalue weighted by molar-refractivity contribution is 8.01. The topological polar surface area (TPSA) is 55.4 Å². The number of esters is 1. The van der Waals surface area contributed by atoms with Gasteiger partial charge in [0.1, 0.15) is 6.04 Å². The molecule has 24 heavy (non-hydrogen) atoms. The largest absolute Gasteiger partial charge is 0.467 e. The van der Waals surface area contributed by atoms with Crippen molar-refractivity contribution in [3.05, 3.63) is 59.7 Å². The van der Waals surface area contributed by atoms with Crippen LogP contribution in [0.25, 0.3) is 0 Å². The lowest BCUT2D eigenvalue weighted by Crippen LogP contribution is -2.28. The van der Waals surface area contributed by atoms with Crippen molar-refractivity contribution < 1.29 is 14.3 Å². The number of ether oxygens (including phenoxy) is 1. The van der Waals surface area contributed by atoms with Gasteiger partial charge in [0.15, 0.2) is 5.78 Å². The summed E-state index contributed by atoms with van der Waals surface area (Å²) in [5.74, 6) is -0.281. The van der Waals surface area contributed by atoms with Crippen LogP contribution in [0.15, 0.2) is 53.4 Å². The summed E-state index contributed by atoms with van der Waals surface area (Å²) in [6, 6.07) is 14.9. The number of benzene rings is 2. The fourth-order valence-corrected chi connectivity index (χ4v) is 4.06. The van der Waals surface area contributed by atoms with Crippen molar-refractivity contribution in [3.8, 4) is 0 Å². The molecule has 1 heterocycles. The number of anilines is 1. The summed E-state index contributed by atoms with van der Waals surface area (Å²) in [7, 11) is 1.35. The number of fused-ring (bicyclic) bond motifs is 1. The first kappa shape index (κ1) is 16.6. The maximum atomic E-state index is 13.0. The van der Waals surface area contributed by atoms with Gasteiger partial charge in [-0.25, -0.2) is 4.79 Å². The Hall–Kier alpha value is -2.27. The minimum atomic E-state index is -0.516. The highest BCUT2D eigenvalue weighted by Gasteiger charge is 2.30. The number of hydrogen-bond donors (Lipinski definition) is 1. The molecule has 0 radical (unpaired) electrons. The van der Waals surface area contributed by atoms with E-state index >= 15 is 0 Å². The van der Waals surface area contributed by atoms with Gasteiger partial charge in [-0.15, -0.1) is 11.8 Å². The molecule has 124 valence electrons. The molecular formula is C19H19NO3S. The summed E-state index contributed by atoms with van der Waals surface area (Å²) < 4.78 is 4.74. The summed E-state index contributed by atoms with van der Waals surface area (Å²) in [4.78, 5) is 25.8. The molecule has 0 saturated carbocycles. The average Bonchev–Trinajstić information content (AvgIpc) is 3.05. The Bertz CT molecular complexity index is 750. The molecule has 4 nitrogen and oxygen atoms in total. The van der Waals surface area contributed by atoms with Crippen molar-refractivity contribution in [2.75, 3.05) is 12.4 Å². The number of Topliss-reactive ketones (excluding diaryl/α,β-unsaturated/α-hetero) is 1. The number of ketones is 1. The molecule has 1 N–H and O–H groups in total. The third kappa shape index (κ3) is 3.31. The molecule has 2 aromatic rings. The van der Waals surface area contributed by atoms with E-state index in [1.165, 1.54) is 17.6 Å². The van der Waals surface area contributed by atoms with Crippen LogP contribution in [0.5, 0.6) is 0 Å². The van der Waals surface area contributed by atoms with Crippen LogP contribution in [-0.2, 0) is 16.0 Å². The molecule has 1 aliphatic rings. The van der Waals surface area contributed by atoms with Crippen molar-refractivity contribution in [3.63, 3.8) is 0 Å². The van der Waals surface area contributed by atoms with Crippen LogP contribution in [0.1, 0.15) is 22.8 Å². The minimum absolute atomic E-state index is 0.0800. The van der Waals surface area contributed by atoms with Crippen molar-refractivity contribution in [2.45, 2.75) is 29.5 Å². The fourth-order valence-electron chi connectivity index (χ4n) is 2.79. The van der Waals surface area contributed by atoms with Crippen molar-refractivity contribution in [2.24, 2.45) is 0 Å². The summed E-state index contributed by atoms with van der Waals surface area (Å²) >= 11 is 1.61. The van der Waals surface area contributed by atoms with E-state index in [9.17, 15) is 9.59 Å². The zero-order chi connectivity index (χ0) is 17.1. The Labute approximate surface area is 145 Å². The van der Waals surface area contributed by atoms with Crippen LogP contribution in [-0.4, -0.2) is 30.2 Å². The maximum absolute atomic E-state index is 13.0. The lowest BCUT2D eigenvalue weighted by atomic mass is 10.0. The summed E-state index contributed by atoms with van der Waals surface area (Å²) in [5.41, 5.74) is 2.49. The van der Waals surface area contributed by atoms with E-state index in [2.05, 4.69) is 17.4 Å². The van der Waals surface area contributed by atoms with Gasteiger partial charge in [0, 0.05) is 16.1 Å². The summed E-state index contributed by atoms with van der Waals surface area (Å²) in [5, 5.41) is 2.96. The van der Waals surface area contributed by atoms with Gasteiger partial charge in [-0.05, 0) is 37.1 Å². The predicted molar refractivity (Wildman–Crippen MR) is 95.7 cm³/mol. The molecule has 3 rings (SSSR count). The molecule has 0 spiro atoms. The van der Waals surface area contributed by atoms with E-state index in [0.717, 1.165) is 6.42 Å². The molecule has 0 amide bonds. The normalized spacial score (nSPS) is 17.0. The second-order valence-corrected chi connectivity index (χ2v) is 6.96. The van der Waals surface area contributed by atoms with E-state index in [1.54, 1.807) is 24.8 Å². The van der Waals surface area contributed by atoms with E-state index < -0.39 is 6.04 Å². The number of thioether (sulfide) groups is 1. The molecule has 0 aliphatic carbocycles. The molecule has 0 bridgehead atoms. The van der Waals surface area contributed by atoms with Crippen LogP contribution in [0, 0.1) is 0 Å². The minimum Gasteiger partial charge on any atom is -0.467 e. The lowest BCUT2D eigenvalue weighted by molar-refractivity contribution is -0.141. The summed E-state index contributed by atoms with van der Waals surface area (Å²) in [6.45, 7) is 1.72. The van der Waals surface area contributed by atoms with Crippen LogP contribution < -0.4 is 5.32 Å². The molecule has 2 aromatic carbocycles. The first-order valence-corrected chi connectivity index (χ1v) is 8.70. The highest BCUT2D eigenvalue weighted by Crippen LogP contribution is 2.39. The second-order valence-electron chi connectivity index (χ2n) is 5.72. The maximum Gasteiger partial charge on any atom is 0.327 e. The molecule has 0 saturated heterocycles. The van der Waals surface area contributed by atoms with E-state index in [0.29, 0.717) is 11.3 Å². The quantitative estimate of drug-likeness (QED) is 0.666. The number of hydrogen-bond acceptors (Lipinski definition) is 5. The number of methoxy groups -OCH3 is 1. The van der Waals surface area contributed by atoms with Crippen LogP contribution in [0.3, 0.4) is 0 Å². The Morgan fingerprint density at radius 2 is 1.88 bits per heavy atom. The van der Waals surface area contributed by atoms with Gasteiger partial charge < -0.3 is 10.1 Å². The Morgan fingerprint density at radius 1 is 1.17 bits per heavy atom.